The fraction of sp³-hybridized carbons (Fsp3) is 0.846. The molecule has 4 nitrogen and oxygen atoms in total. The maximum atomic E-state index is 12.2. The lowest BCUT2D eigenvalue weighted by atomic mass is 9.88. The van der Waals surface area contributed by atoms with Crippen molar-refractivity contribution >= 4 is 11.9 Å². The van der Waals surface area contributed by atoms with E-state index in [0.29, 0.717) is 12.5 Å². The molecule has 0 radical (unpaired) electrons. The van der Waals surface area contributed by atoms with Crippen molar-refractivity contribution in [3.05, 3.63) is 0 Å². The van der Waals surface area contributed by atoms with Gasteiger partial charge in [-0.2, -0.15) is 0 Å². The van der Waals surface area contributed by atoms with Crippen molar-refractivity contribution in [3.8, 4) is 0 Å². The zero-order valence-corrected chi connectivity index (χ0v) is 11.4. The van der Waals surface area contributed by atoms with Crippen LogP contribution in [0.15, 0.2) is 0 Å². The molecule has 0 rings (SSSR count). The fourth-order valence-corrected chi connectivity index (χ4v) is 2.19. The topological polar surface area (TPSA) is 57.6 Å². The normalized spacial score (nSPS) is 12.5. The lowest BCUT2D eigenvalue weighted by Crippen LogP contribution is -2.41. The van der Waals surface area contributed by atoms with Gasteiger partial charge >= 0.3 is 5.97 Å². The van der Waals surface area contributed by atoms with Gasteiger partial charge in [-0.1, -0.05) is 40.5 Å². The van der Waals surface area contributed by atoms with Crippen molar-refractivity contribution in [2.24, 2.45) is 11.8 Å². The summed E-state index contributed by atoms with van der Waals surface area (Å²) in [5.74, 6) is -0.710. The minimum Gasteiger partial charge on any atom is -0.480 e. The molecular weight excluding hydrogens is 218 g/mol. The second kappa shape index (κ2) is 8.09. The van der Waals surface area contributed by atoms with Crippen LogP contribution in [0.2, 0.25) is 0 Å². The van der Waals surface area contributed by atoms with Gasteiger partial charge in [0.25, 0.3) is 0 Å². The van der Waals surface area contributed by atoms with Gasteiger partial charge in [0.1, 0.15) is 6.54 Å². The van der Waals surface area contributed by atoms with Crippen LogP contribution in [0.3, 0.4) is 0 Å². The average molecular weight is 243 g/mol. The molecule has 17 heavy (non-hydrogen) atoms. The first-order chi connectivity index (χ1) is 7.97. The standard InChI is InChI=1S/C13H25NO3/c1-5-8-14(9-12(15)16)13(17)10(4)11(6-2)7-3/h10-11H,5-9H2,1-4H3,(H,15,16). The highest BCUT2D eigenvalue weighted by Gasteiger charge is 2.26. The Morgan fingerprint density at radius 3 is 2.06 bits per heavy atom. The molecule has 0 saturated carbocycles. The number of rotatable bonds is 8. The summed E-state index contributed by atoms with van der Waals surface area (Å²) in [5.41, 5.74) is 0. The van der Waals surface area contributed by atoms with Gasteiger partial charge in [0, 0.05) is 12.5 Å². The summed E-state index contributed by atoms with van der Waals surface area (Å²) in [4.78, 5) is 24.4. The molecule has 1 atom stereocenters. The summed E-state index contributed by atoms with van der Waals surface area (Å²) in [6.07, 6.45) is 2.70. The third kappa shape index (κ3) is 5.20. The number of carboxylic acids is 1. The van der Waals surface area contributed by atoms with E-state index in [1.54, 1.807) is 0 Å². The van der Waals surface area contributed by atoms with Gasteiger partial charge in [-0.3, -0.25) is 9.59 Å². The maximum Gasteiger partial charge on any atom is 0.323 e. The van der Waals surface area contributed by atoms with Crippen LogP contribution in [0.5, 0.6) is 0 Å². The van der Waals surface area contributed by atoms with Crippen LogP contribution in [0.25, 0.3) is 0 Å². The molecule has 0 aliphatic heterocycles. The van der Waals surface area contributed by atoms with Crippen LogP contribution in [0, 0.1) is 11.8 Å². The predicted octanol–water partition coefficient (Wildman–Crippen LogP) is 2.38. The highest BCUT2D eigenvalue weighted by Crippen LogP contribution is 2.21. The van der Waals surface area contributed by atoms with E-state index in [4.69, 9.17) is 5.11 Å². The average Bonchev–Trinajstić information content (AvgIpc) is 2.28. The van der Waals surface area contributed by atoms with Crippen molar-refractivity contribution < 1.29 is 14.7 Å². The molecule has 0 aromatic heterocycles. The lowest BCUT2D eigenvalue weighted by molar-refractivity contribution is -0.147. The van der Waals surface area contributed by atoms with Crippen molar-refractivity contribution in [2.75, 3.05) is 13.1 Å². The van der Waals surface area contributed by atoms with Crippen LogP contribution >= 0.6 is 0 Å². The quantitative estimate of drug-likeness (QED) is 0.712. The Hall–Kier alpha value is -1.06. The van der Waals surface area contributed by atoms with Crippen LogP contribution in [-0.4, -0.2) is 35.0 Å². The molecule has 0 aliphatic rings. The van der Waals surface area contributed by atoms with E-state index in [2.05, 4.69) is 13.8 Å². The second-order valence-corrected chi connectivity index (χ2v) is 4.52. The van der Waals surface area contributed by atoms with Crippen LogP contribution < -0.4 is 0 Å². The molecule has 4 heteroatoms. The number of nitrogens with zero attached hydrogens (tertiary/aromatic N) is 1. The van der Waals surface area contributed by atoms with Gasteiger partial charge in [-0.05, 0) is 12.3 Å². The van der Waals surface area contributed by atoms with E-state index in [1.165, 1.54) is 4.90 Å². The molecule has 0 aliphatic carbocycles. The highest BCUT2D eigenvalue weighted by molar-refractivity contribution is 5.83. The Bertz CT molecular complexity index is 249. The zero-order chi connectivity index (χ0) is 13.4. The number of hydrogen-bond donors (Lipinski definition) is 1. The molecule has 0 bridgehead atoms. The summed E-state index contributed by atoms with van der Waals surface area (Å²) in [6.45, 7) is 8.33. The number of carbonyl (C=O) groups excluding carboxylic acids is 1. The van der Waals surface area contributed by atoms with Crippen LogP contribution in [0.4, 0.5) is 0 Å². The third-order valence-corrected chi connectivity index (χ3v) is 3.28. The molecule has 1 unspecified atom stereocenters. The van der Waals surface area contributed by atoms with Gasteiger partial charge in [0.05, 0.1) is 0 Å². The Balaban J connectivity index is 4.63. The first kappa shape index (κ1) is 15.9. The van der Waals surface area contributed by atoms with E-state index >= 15 is 0 Å². The largest absolute Gasteiger partial charge is 0.480 e. The van der Waals surface area contributed by atoms with E-state index in [-0.39, 0.29) is 18.4 Å². The van der Waals surface area contributed by atoms with Crippen molar-refractivity contribution in [1.29, 1.82) is 0 Å². The highest BCUT2D eigenvalue weighted by atomic mass is 16.4. The second-order valence-electron chi connectivity index (χ2n) is 4.52. The summed E-state index contributed by atoms with van der Waals surface area (Å²) in [7, 11) is 0. The Labute approximate surface area is 104 Å². The maximum absolute atomic E-state index is 12.2. The number of amides is 1. The molecule has 0 spiro atoms. The molecule has 0 aromatic rings. The van der Waals surface area contributed by atoms with Gasteiger partial charge in [0.15, 0.2) is 0 Å². The van der Waals surface area contributed by atoms with Gasteiger partial charge in [0.2, 0.25) is 5.91 Å². The van der Waals surface area contributed by atoms with E-state index in [1.807, 2.05) is 13.8 Å². The fourth-order valence-electron chi connectivity index (χ4n) is 2.19. The lowest BCUT2D eigenvalue weighted by Gasteiger charge is -2.27. The molecule has 0 heterocycles. The number of hydrogen-bond acceptors (Lipinski definition) is 2. The predicted molar refractivity (Wildman–Crippen MR) is 67.7 cm³/mol. The van der Waals surface area contributed by atoms with E-state index in [0.717, 1.165) is 19.3 Å². The minimum absolute atomic E-state index is 0.0250. The van der Waals surface area contributed by atoms with Crippen LogP contribution in [-0.2, 0) is 9.59 Å². The van der Waals surface area contributed by atoms with Gasteiger partial charge in [-0.25, -0.2) is 0 Å². The molecule has 0 fully saturated rings. The van der Waals surface area contributed by atoms with Gasteiger partial charge in [-0.15, -0.1) is 0 Å². The van der Waals surface area contributed by atoms with Crippen molar-refractivity contribution in [2.45, 2.75) is 47.0 Å². The SMILES string of the molecule is CCCN(CC(=O)O)C(=O)C(C)C(CC)CC. The third-order valence-electron chi connectivity index (χ3n) is 3.28. The van der Waals surface area contributed by atoms with E-state index < -0.39 is 5.97 Å². The number of carboxylic acid groups (broad SMARTS) is 1. The molecule has 0 saturated heterocycles. The summed E-state index contributed by atoms with van der Waals surface area (Å²) < 4.78 is 0. The Morgan fingerprint density at radius 2 is 1.71 bits per heavy atom. The van der Waals surface area contributed by atoms with Crippen molar-refractivity contribution in [1.82, 2.24) is 4.90 Å². The summed E-state index contributed by atoms with van der Waals surface area (Å²) in [6, 6.07) is 0. The van der Waals surface area contributed by atoms with Crippen molar-refractivity contribution in [3.63, 3.8) is 0 Å². The molecule has 1 amide bonds. The molecule has 1 N–H and O–H groups in total. The first-order valence-electron chi connectivity index (χ1n) is 6.48. The van der Waals surface area contributed by atoms with Crippen LogP contribution in [0.1, 0.15) is 47.0 Å². The number of aliphatic carboxylic acids is 1. The van der Waals surface area contributed by atoms with Gasteiger partial charge < -0.3 is 10.0 Å². The first-order valence-corrected chi connectivity index (χ1v) is 6.48. The molecular formula is C13H25NO3. The monoisotopic (exact) mass is 243 g/mol. The minimum atomic E-state index is -0.941. The molecule has 100 valence electrons. The summed E-state index contributed by atoms with van der Waals surface area (Å²) >= 11 is 0. The summed E-state index contributed by atoms with van der Waals surface area (Å²) in [5, 5.41) is 8.80. The smallest absolute Gasteiger partial charge is 0.323 e. The molecule has 0 aromatic carbocycles. The Morgan fingerprint density at radius 1 is 1.18 bits per heavy atom. The van der Waals surface area contributed by atoms with E-state index in [9.17, 15) is 9.59 Å². The number of carbonyl (C=O) groups is 2. The zero-order valence-electron chi connectivity index (χ0n) is 11.4. The Kier molecular flexibility index (Phi) is 7.59.